The summed E-state index contributed by atoms with van der Waals surface area (Å²) in [5.41, 5.74) is 1.66. The number of allylic oxidation sites excluding steroid dienone is 2. The van der Waals surface area contributed by atoms with Gasteiger partial charge in [-0.05, 0) is 130 Å². The minimum atomic E-state index is -1.04. The second-order valence-corrected chi connectivity index (χ2v) is 19.7. The van der Waals surface area contributed by atoms with Crippen molar-refractivity contribution in [3.63, 3.8) is 0 Å². The average Bonchev–Trinajstić information content (AvgIpc) is 3.04. The van der Waals surface area contributed by atoms with Crippen LogP contribution in [0.15, 0.2) is 11.6 Å². The Morgan fingerprint density at radius 3 is 2.27 bits per heavy atom. The van der Waals surface area contributed by atoms with Gasteiger partial charge in [-0.15, -0.1) is 0 Å². The molecule has 0 aromatic carbocycles. The molecule has 0 aliphatic heterocycles. The number of carboxylic acids is 1. The number of unbranched alkanes of at least 4 members (excludes halogenated alkanes) is 2. The summed E-state index contributed by atoms with van der Waals surface area (Å²) in [6, 6.07) is -0.886. The number of amides is 2. The first kappa shape index (κ1) is 39.8. The summed E-state index contributed by atoms with van der Waals surface area (Å²) in [5.74, 6) is 0.196. The van der Waals surface area contributed by atoms with Gasteiger partial charge in [0.25, 0.3) is 0 Å². The van der Waals surface area contributed by atoms with Crippen LogP contribution in [0.4, 0.5) is 0 Å². The minimum Gasteiger partial charge on any atom is -0.480 e. The molecule has 0 aromatic rings. The molecule has 5 aliphatic rings. The number of aliphatic carboxylic acids is 1. The van der Waals surface area contributed by atoms with Gasteiger partial charge in [-0.3, -0.25) is 19.2 Å². The standard InChI is InChI=1S/C43H70N2O6/c1-10-14-35(47)51-33-19-20-40(7)31(39(33,5)6)18-21-42(9)32(40)17-16-29-30-27-38(3,4)22-24-43(30,25-23-41(29,42)8)37(50)44-26-13-11-12-15-34(46)45-28(2)36(48)49/h16,28,30-33H,10-15,17-27H2,1-9H3,(H,44,50)(H,45,46)(H,48,49)/t28-,30-,31-,32+,33-,40-,41+,42+,43-/m0/s1. The molecule has 3 N–H and O–H groups in total. The van der Waals surface area contributed by atoms with Crippen molar-refractivity contribution in [3.05, 3.63) is 11.6 Å². The maximum absolute atomic E-state index is 14.4. The van der Waals surface area contributed by atoms with Crippen LogP contribution in [-0.2, 0) is 23.9 Å². The molecule has 4 fully saturated rings. The van der Waals surface area contributed by atoms with Gasteiger partial charge in [-0.2, -0.15) is 0 Å². The summed E-state index contributed by atoms with van der Waals surface area (Å²) >= 11 is 0. The Hall–Kier alpha value is -2.38. The molecule has 0 spiro atoms. The molecular weight excluding hydrogens is 640 g/mol. The maximum atomic E-state index is 14.4. The van der Waals surface area contributed by atoms with E-state index in [0.29, 0.717) is 37.6 Å². The Morgan fingerprint density at radius 2 is 1.59 bits per heavy atom. The fourth-order valence-corrected chi connectivity index (χ4v) is 12.6. The monoisotopic (exact) mass is 711 g/mol. The van der Waals surface area contributed by atoms with E-state index in [0.717, 1.165) is 77.0 Å². The number of rotatable bonds is 12. The second-order valence-electron chi connectivity index (χ2n) is 19.7. The molecule has 4 saturated carbocycles. The van der Waals surface area contributed by atoms with Crippen LogP contribution < -0.4 is 10.6 Å². The molecule has 5 rings (SSSR count). The third kappa shape index (κ3) is 7.04. The van der Waals surface area contributed by atoms with Gasteiger partial charge in [0.05, 0.1) is 5.41 Å². The molecule has 0 unspecified atom stereocenters. The fraction of sp³-hybridized carbons (Fsp3) is 0.860. The van der Waals surface area contributed by atoms with Crippen molar-refractivity contribution in [2.45, 2.75) is 177 Å². The van der Waals surface area contributed by atoms with Crippen molar-refractivity contribution in [3.8, 4) is 0 Å². The van der Waals surface area contributed by atoms with Crippen molar-refractivity contribution in [1.29, 1.82) is 0 Å². The molecule has 0 saturated heterocycles. The van der Waals surface area contributed by atoms with E-state index in [1.807, 2.05) is 6.92 Å². The normalized spacial score (nSPS) is 38.3. The molecular formula is C43H70N2O6. The molecule has 0 heterocycles. The van der Waals surface area contributed by atoms with Crippen LogP contribution in [0.3, 0.4) is 0 Å². The first-order chi connectivity index (χ1) is 23.8. The third-order valence-electron chi connectivity index (χ3n) is 15.9. The zero-order valence-corrected chi connectivity index (χ0v) is 33.5. The number of hydrogen-bond donors (Lipinski definition) is 3. The molecule has 9 atom stereocenters. The largest absolute Gasteiger partial charge is 0.480 e. The van der Waals surface area contributed by atoms with Gasteiger partial charge >= 0.3 is 11.9 Å². The van der Waals surface area contributed by atoms with Gasteiger partial charge in [-0.25, -0.2) is 0 Å². The zero-order chi connectivity index (χ0) is 37.6. The highest BCUT2D eigenvalue weighted by atomic mass is 16.5. The topological polar surface area (TPSA) is 122 Å². The number of carboxylic acid groups (broad SMARTS) is 1. The van der Waals surface area contributed by atoms with Crippen LogP contribution in [0.25, 0.3) is 0 Å². The summed E-state index contributed by atoms with van der Waals surface area (Å²) in [7, 11) is 0. The molecule has 288 valence electrons. The summed E-state index contributed by atoms with van der Waals surface area (Å²) in [6.07, 6.45) is 16.9. The lowest BCUT2D eigenvalue weighted by Crippen LogP contribution is -2.65. The van der Waals surface area contributed by atoms with E-state index in [1.165, 1.54) is 13.3 Å². The molecule has 2 amide bonds. The number of hydrogen-bond acceptors (Lipinski definition) is 5. The number of carbonyl (C=O) groups is 4. The molecule has 8 heteroatoms. The Labute approximate surface area is 308 Å². The first-order valence-corrected chi connectivity index (χ1v) is 20.5. The van der Waals surface area contributed by atoms with Crippen molar-refractivity contribution < 1.29 is 29.0 Å². The van der Waals surface area contributed by atoms with Gasteiger partial charge < -0.3 is 20.5 Å². The van der Waals surface area contributed by atoms with Crippen molar-refractivity contribution >= 4 is 23.8 Å². The quantitative estimate of drug-likeness (QED) is 0.106. The lowest BCUT2D eigenvalue weighted by Gasteiger charge is -2.71. The lowest BCUT2D eigenvalue weighted by molar-refractivity contribution is -0.213. The highest BCUT2D eigenvalue weighted by Gasteiger charge is 2.69. The van der Waals surface area contributed by atoms with Crippen LogP contribution in [0.5, 0.6) is 0 Å². The SMILES string of the molecule is CCCC(=O)O[C@H]1CC[C@]2(C)[C@H]3CC=C4[C@@H]5CC(C)(C)CC[C@]5(C(=O)NCCCCCC(=O)N[C@@H](C)C(=O)O)CC[C@@]4(C)[C@]3(C)CC[C@H]2C1(C)C. The second kappa shape index (κ2) is 14.5. The van der Waals surface area contributed by atoms with Gasteiger partial charge in [0.15, 0.2) is 0 Å². The maximum Gasteiger partial charge on any atom is 0.325 e. The molecule has 0 radical (unpaired) electrons. The molecule has 5 aliphatic carbocycles. The number of nitrogens with one attached hydrogen (secondary N) is 2. The highest BCUT2D eigenvalue weighted by Crippen LogP contribution is 2.75. The highest BCUT2D eigenvalue weighted by molar-refractivity contribution is 5.84. The average molecular weight is 711 g/mol. The fourth-order valence-electron chi connectivity index (χ4n) is 12.6. The molecule has 51 heavy (non-hydrogen) atoms. The Balaban J connectivity index is 1.31. The molecule has 0 bridgehead atoms. The van der Waals surface area contributed by atoms with Crippen molar-refractivity contribution in [2.75, 3.05) is 6.54 Å². The third-order valence-corrected chi connectivity index (χ3v) is 15.9. The number of carbonyl (C=O) groups excluding carboxylic acids is 3. The summed E-state index contributed by atoms with van der Waals surface area (Å²) in [5, 5.41) is 14.9. The van der Waals surface area contributed by atoms with Crippen LogP contribution in [-0.4, -0.2) is 47.6 Å². The van der Waals surface area contributed by atoms with E-state index in [2.05, 4.69) is 65.2 Å². The number of esters is 1. The van der Waals surface area contributed by atoms with Crippen LogP contribution in [0.2, 0.25) is 0 Å². The Bertz CT molecular complexity index is 1390. The predicted molar refractivity (Wildman–Crippen MR) is 201 cm³/mol. The lowest BCUT2D eigenvalue weighted by atomic mass is 9.33. The van der Waals surface area contributed by atoms with E-state index in [-0.39, 0.29) is 62.3 Å². The van der Waals surface area contributed by atoms with E-state index in [1.54, 1.807) is 5.57 Å². The van der Waals surface area contributed by atoms with Crippen LogP contribution in [0, 0.1) is 50.2 Å². The molecule has 0 aromatic heterocycles. The van der Waals surface area contributed by atoms with Crippen molar-refractivity contribution in [1.82, 2.24) is 10.6 Å². The Kier molecular flexibility index (Phi) is 11.3. The van der Waals surface area contributed by atoms with E-state index in [4.69, 9.17) is 9.84 Å². The minimum absolute atomic E-state index is 0.0188. The van der Waals surface area contributed by atoms with E-state index in [9.17, 15) is 19.2 Å². The number of fused-ring (bicyclic) bond motifs is 7. The van der Waals surface area contributed by atoms with Crippen LogP contribution in [0.1, 0.15) is 165 Å². The zero-order valence-electron chi connectivity index (χ0n) is 33.5. The van der Waals surface area contributed by atoms with Crippen LogP contribution >= 0.6 is 0 Å². The summed E-state index contributed by atoms with van der Waals surface area (Å²) < 4.78 is 6.17. The predicted octanol–water partition coefficient (Wildman–Crippen LogP) is 8.77. The van der Waals surface area contributed by atoms with Gasteiger partial charge in [0.1, 0.15) is 12.1 Å². The van der Waals surface area contributed by atoms with Gasteiger partial charge in [-0.1, -0.05) is 73.5 Å². The smallest absolute Gasteiger partial charge is 0.325 e. The van der Waals surface area contributed by atoms with Gasteiger partial charge in [0, 0.05) is 24.8 Å². The van der Waals surface area contributed by atoms with Crippen molar-refractivity contribution in [2.24, 2.45) is 50.2 Å². The van der Waals surface area contributed by atoms with Gasteiger partial charge in [0.2, 0.25) is 11.8 Å². The summed E-state index contributed by atoms with van der Waals surface area (Å²) in [4.78, 5) is 50.1. The van der Waals surface area contributed by atoms with E-state index >= 15 is 0 Å². The first-order valence-electron chi connectivity index (χ1n) is 20.5. The molecule has 8 nitrogen and oxygen atoms in total. The summed E-state index contributed by atoms with van der Waals surface area (Å²) in [6.45, 7) is 21.4. The van der Waals surface area contributed by atoms with E-state index < -0.39 is 12.0 Å². The number of ether oxygens (including phenoxy) is 1. The Morgan fingerprint density at radius 1 is 0.882 bits per heavy atom.